The Bertz CT molecular complexity index is 2890. The summed E-state index contributed by atoms with van der Waals surface area (Å²) in [4.78, 5) is 0. The number of rotatable bonds is 28. The molecule has 8 heteroatoms. The molecule has 0 N–H and O–H groups in total. The normalized spacial score (nSPS) is 14.3. The second kappa shape index (κ2) is 28.7. The van der Waals surface area contributed by atoms with E-state index in [1.165, 1.54) is 55.6 Å². The second-order valence-corrected chi connectivity index (χ2v) is 52.1. The predicted molar refractivity (Wildman–Crippen MR) is 392 cm³/mol. The molecule has 0 amide bonds. The molecule has 0 aliphatic heterocycles. The van der Waals surface area contributed by atoms with Crippen molar-refractivity contribution in [2.45, 2.75) is 259 Å². The second-order valence-electron chi connectivity index (χ2n) is 32.8. The van der Waals surface area contributed by atoms with Crippen molar-refractivity contribution in [3.8, 4) is 0 Å². The lowest BCUT2D eigenvalue weighted by Crippen LogP contribution is -2.40. The largest absolute Gasteiger partial charge is 0.413 e. The van der Waals surface area contributed by atoms with Crippen LogP contribution in [0.5, 0.6) is 0 Å². The van der Waals surface area contributed by atoms with Crippen molar-refractivity contribution < 1.29 is 17.7 Å². The van der Waals surface area contributed by atoms with Crippen LogP contribution in [-0.4, -0.2) is 33.3 Å². The van der Waals surface area contributed by atoms with E-state index in [1.807, 2.05) is 0 Å². The average molecular weight is 1260 g/mol. The molecule has 6 aromatic carbocycles. The van der Waals surface area contributed by atoms with Gasteiger partial charge in [0, 0.05) is 10.8 Å². The highest BCUT2D eigenvalue weighted by Crippen LogP contribution is 2.47. The summed E-state index contributed by atoms with van der Waals surface area (Å²) in [6.07, 6.45) is 5.82. The van der Waals surface area contributed by atoms with E-state index in [1.54, 1.807) is 0 Å². The first-order valence-corrected chi connectivity index (χ1v) is 45.1. The van der Waals surface area contributed by atoms with Crippen LogP contribution < -0.4 is 0 Å². The predicted octanol–water partition coefficient (Wildman–Crippen LogP) is 23.8. The van der Waals surface area contributed by atoms with Gasteiger partial charge in [0.25, 0.3) is 0 Å². The zero-order valence-corrected chi connectivity index (χ0v) is 63.9. The van der Waals surface area contributed by atoms with Crippen LogP contribution in [-0.2, 0) is 67.8 Å². The molecule has 0 radical (unpaired) electrons. The molecule has 2 unspecified atom stereocenters. The smallest absolute Gasteiger partial charge is 0.192 e. The molecule has 480 valence electrons. The van der Waals surface area contributed by atoms with Crippen molar-refractivity contribution in [1.82, 2.24) is 0 Å². The van der Waals surface area contributed by atoms with Crippen LogP contribution >= 0.6 is 0 Å². The maximum atomic E-state index is 6.95. The Morgan fingerprint density at radius 1 is 0.352 bits per heavy atom. The van der Waals surface area contributed by atoms with Gasteiger partial charge in [-0.2, -0.15) is 0 Å². The Balaban J connectivity index is 1.47. The molecule has 6 aromatic rings. The summed E-state index contributed by atoms with van der Waals surface area (Å²) in [5.74, 6) is 0.924. The van der Waals surface area contributed by atoms with Gasteiger partial charge in [0.15, 0.2) is 33.3 Å². The van der Waals surface area contributed by atoms with Crippen LogP contribution in [0.4, 0.5) is 0 Å². The molecule has 6 rings (SSSR count). The Hall–Kier alpha value is -4.23. The Morgan fingerprint density at radius 3 is 0.807 bits per heavy atom. The third kappa shape index (κ3) is 18.1. The van der Waals surface area contributed by atoms with Gasteiger partial charge in [0.05, 0.1) is 26.4 Å². The summed E-state index contributed by atoms with van der Waals surface area (Å²) in [5.41, 5.74) is 15.5. The Morgan fingerprint density at radius 2 is 0.580 bits per heavy atom. The van der Waals surface area contributed by atoms with E-state index >= 15 is 0 Å². The monoisotopic (exact) mass is 1260 g/mol. The quantitative estimate of drug-likeness (QED) is 0.0459. The maximum absolute atomic E-state index is 6.95. The van der Waals surface area contributed by atoms with Crippen LogP contribution in [0, 0.1) is 11.8 Å². The summed E-state index contributed by atoms with van der Waals surface area (Å²) in [6, 6.07) is 56.3. The van der Waals surface area contributed by atoms with Gasteiger partial charge in [-0.05, 0) is 182 Å². The Kier molecular flexibility index (Phi) is 23.8. The van der Waals surface area contributed by atoms with E-state index in [2.05, 4.69) is 309 Å². The summed E-state index contributed by atoms with van der Waals surface area (Å²) in [6.45, 7) is 63.8. The minimum Gasteiger partial charge on any atom is -0.413 e. The minimum atomic E-state index is -2.01. The summed E-state index contributed by atoms with van der Waals surface area (Å²) < 4.78 is 27.8. The first-order chi connectivity index (χ1) is 40.7. The SMILES string of the molecule is C=C(c1cccc(CC(CC(C)CC)(c2cccc(CO[Si](C)(C)C(C)(C)C)c2)c2cccc(CO[Si](C)(C)C(C)(C)C)c2)c1)c1cccc(CC(CC(C)CC)(c2cccc(CO[Si](C)(C)C(C)(C)C)c2)c2cccc(CO[Si](C)(C)C(C)(C)C)c2)c1. The highest BCUT2D eigenvalue weighted by molar-refractivity contribution is 6.75. The molecule has 0 aromatic heterocycles. The third-order valence-electron chi connectivity index (χ3n) is 21.9. The van der Waals surface area contributed by atoms with Crippen molar-refractivity contribution in [3.05, 3.63) is 219 Å². The van der Waals surface area contributed by atoms with Crippen molar-refractivity contribution >= 4 is 38.8 Å². The molecule has 4 nitrogen and oxygen atoms in total. The fraction of sp³-hybridized carbons (Fsp3) is 0.525. The first kappa shape index (κ1) is 72.8. The highest BCUT2D eigenvalue weighted by atomic mass is 28.4. The number of benzene rings is 6. The molecule has 88 heavy (non-hydrogen) atoms. The highest BCUT2D eigenvalue weighted by Gasteiger charge is 2.43. The van der Waals surface area contributed by atoms with Gasteiger partial charge in [0.2, 0.25) is 0 Å². The molecule has 0 bridgehead atoms. The molecule has 0 saturated carbocycles. The molecule has 0 fully saturated rings. The van der Waals surface area contributed by atoms with Crippen LogP contribution in [0.15, 0.2) is 152 Å². The van der Waals surface area contributed by atoms with Gasteiger partial charge in [-0.3, -0.25) is 0 Å². The molecule has 0 aliphatic carbocycles. The van der Waals surface area contributed by atoms with Crippen LogP contribution in [0.25, 0.3) is 5.57 Å². The standard InChI is InChI=1S/C80H120O4Si4/c1-26-60(3)52-79(71-42-30-36-65(48-71)56-81-85(18,19)75(6,7)8,72-43-31-37-66(49-72)57-82-86(20,21)76(9,10)11)54-63-34-28-40-69(46-63)62(5)70-41-29-35-64(47-70)55-80(53-61(4)27-2,73-44-32-38-67(50-73)58-83-87(22,23)77(12,13)14)74-45-33-39-68(51-74)59-84-88(24,25)78(15,16)17/h28-51,60-61H,5,26-27,52-59H2,1-4,6-25H3. The van der Waals surface area contributed by atoms with Gasteiger partial charge in [0.1, 0.15) is 0 Å². The minimum absolute atomic E-state index is 0.118. The van der Waals surface area contributed by atoms with Crippen molar-refractivity contribution in [2.24, 2.45) is 11.8 Å². The van der Waals surface area contributed by atoms with Crippen LogP contribution in [0.1, 0.15) is 203 Å². The van der Waals surface area contributed by atoms with E-state index in [-0.39, 0.29) is 31.0 Å². The average Bonchev–Trinajstić information content (AvgIpc) is 1.43. The molecular weight excluding hydrogens is 1140 g/mol. The number of hydrogen-bond acceptors (Lipinski definition) is 4. The first-order valence-electron chi connectivity index (χ1n) is 33.5. The topological polar surface area (TPSA) is 36.9 Å². The van der Waals surface area contributed by atoms with Crippen molar-refractivity contribution in [3.63, 3.8) is 0 Å². The molecular formula is C80H120O4Si4. The van der Waals surface area contributed by atoms with Crippen LogP contribution in [0.2, 0.25) is 72.5 Å². The van der Waals surface area contributed by atoms with Gasteiger partial charge in [-0.25, -0.2) is 0 Å². The fourth-order valence-electron chi connectivity index (χ4n) is 11.2. The van der Waals surface area contributed by atoms with Gasteiger partial charge in [-0.1, -0.05) is 276 Å². The van der Waals surface area contributed by atoms with E-state index in [0.29, 0.717) is 38.3 Å². The van der Waals surface area contributed by atoms with Gasteiger partial charge < -0.3 is 17.7 Å². The Labute approximate surface area is 543 Å². The number of hydrogen-bond donors (Lipinski definition) is 0. The molecule has 2 atom stereocenters. The fourth-order valence-corrected chi connectivity index (χ4v) is 15.0. The zero-order chi connectivity index (χ0) is 65.5. The van der Waals surface area contributed by atoms with E-state index in [9.17, 15) is 0 Å². The summed E-state index contributed by atoms with van der Waals surface area (Å²) in [7, 11) is -8.04. The molecule has 0 spiro atoms. The summed E-state index contributed by atoms with van der Waals surface area (Å²) in [5, 5.41) is 0.471. The van der Waals surface area contributed by atoms with Crippen LogP contribution in [0.3, 0.4) is 0 Å². The van der Waals surface area contributed by atoms with Gasteiger partial charge >= 0.3 is 0 Å². The van der Waals surface area contributed by atoms with E-state index < -0.39 is 33.3 Å². The lowest BCUT2D eigenvalue weighted by atomic mass is 9.65. The van der Waals surface area contributed by atoms with Crippen molar-refractivity contribution in [2.75, 3.05) is 0 Å². The van der Waals surface area contributed by atoms with Crippen molar-refractivity contribution in [1.29, 1.82) is 0 Å². The van der Waals surface area contributed by atoms with Gasteiger partial charge in [-0.15, -0.1) is 0 Å². The van der Waals surface area contributed by atoms with E-state index in [4.69, 9.17) is 24.3 Å². The maximum Gasteiger partial charge on any atom is 0.192 e. The lowest BCUT2D eigenvalue weighted by molar-refractivity contribution is 0.275. The molecule has 0 saturated heterocycles. The zero-order valence-electron chi connectivity index (χ0n) is 59.9. The summed E-state index contributed by atoms with van der Waals surface area (Å²) >= 11 is 0. The molecule has 0 aliphatic rings. The van der Waals surface area contributed by atoms with E-state index in [0.717, 1.165) is 55.2 Å². The lowest BCUT2D eigenvalue weighted by Gasteiger charge is -2.39. The molecule has 0 heterocycles. The third-order valence-corrected chi connectivity index (χ3v) is 39.8.